The van der Waals surface area contributed by atoms with Gasteiger partial charge in [0.05, 0.1) is 18.3 Å². The van der Waals surface area contributed by atoms with Gasteiger partial charge in [0.1, 0.15) is 5.75 Å². The van der Waals surface area contributed by atoms with E-state index in [1.165, 1.54) is 0 Å². The van der Waals surface area contributed by atoms with Crippen molar-refractivity contribution in [2.24, 2.45) is 0 Å². The van der Waals surface area contributed by atoms with Crippen molar-refractivity contribution in [3.8, 4) is 5.75 Å². The topological polar surface area (TPSA) is 44.8 Å². The summed E-state index contributed by atoms with van der Waals surface area (Å²) >= 11 is 0. The van der Waals surface area contributed by atoms with Crippen molar-refractivity contribution in [3.05, 3.63) is 41.0 Å². The Balaban J connectivity index is 2.19. The Kier molecular flexibility index (Phi) is 5.26. The van der Waals surface area contributed by atoms with Gasteiger partial charge in [0.25, 0.3) is 0 Å². The van der Waals surface area contributed by atoms with Crippen LogP contribution < -0.4 is 4.74 Å². The Bertz CT molecular complexity index is 624. The van der Waals surface area contributed by atoms with Gasteiger partial charge < -0.3 is 14.0 Å². The summed E-state index contributed by atoms with van der Waals surface area (Å²) in [5.41, 5.74) is 1.56. The van der Waals surface area contributed by atoms with Crippen LogP contribution in [0.1, 0.15) is 51.9 Å². The minimum atomic E-state index is -0.415. The van der Waals surface area contributed by atoms with Gasteiger partial charge in [-0.05, 0) is 71.4 Å². The first-order valence-electron chi connectivity index (χ1n) is 8.28. The Hall–Kier alpha value is -1.59. The Morgan fingerprint density at radius 2 is 1.54 bits per heavy atom. The van der Waals surface area contributed by atoms with Crippen LogP contribution in [0.5, 0.6) is 5.75 Å². The number of hydrogen-bond donors (Lipinski definition) is 0. The van der Waals surface area contributed by atoms with E-state index in [0.29, 0.717) is 11.9 Å². The van der Waals surface area contributed by atoms with Gasteiger partial charge in [0.2, 0.25) is 0 Å². The van der Waals surface area contributed by atoms with Crippen LogP contribution in [-0.4, -0.2) is 31.2 Å². The monoisotopic (exact) mass is 330 g/mol. The van der Waals surface area contributed by atoms with Gasteiger partial charge in [-0.15, -0.1) is 0 Å². The van der Waals surface area contributed by atoms with E-state index in [4.69, 9.17) is 14.0 Å². The van der Waals surface area contributed by atoms with Crippen LogP contribution in [-0.2, 0) is 9.31 Å². The van der Waals surface area contributed by atoms with E-state index in [0.717, 1.165) is 16.9 Å². The molecule has 1 aliphatic heterocycles. The van der Waals surface area contributed by atoms with Gasteiger partial charge >= 0.3 is 7.12 Å². The third kappa shape index (κ3) is 3.73. The molecule has 0 aliphatic carbocycles. The zero-order chi connectivity index (χ0) is 18.1. The van der Waals surface area contributed by atoms with Crippen LogP contribution in [0.3, 0.4) is 0 Å². The molecule has 130 valence electrons. The van der Waals surface area contributed by atoms with Gasteiger partial charge in [-0.1, -0.05) is 5.57 Å². The molecular formula is C19H27BO4. The van der Waals surface area contributed by atoms with E-state index in [-0.39, 0.29) is 5.78 Å². The molecule has 4 nitrogen and oxygen atoms in total. The van der Waals surface area contributed by atoms with E-state index >= 15 is 0 Å². The van der Waals surface area contributed by atoms with Gasteiger partial charge in [-0.3, -0.25) is 4.79 Å². The van der Waals surface area contributed by atoms with E-state index in [1.807, 2.05) is 41.5 Å². The maximum Gasteiger partial charge on any atom is 0.462 e. The fraction of sp³-hybridized carbons (Fsp3) is 0.526. The number of methoxy groups -OCH3 is 1. The summed E-state index contributed by atoms with van der Waals surface area (Å²) in [6.45, 7) is 12.0. The van der Waals surface area contributed by atoms with E-state index in [1.54, 1.807) is 31.4 Å². The molecule has 0 radical (unpaired) electrons. The standard InChI is InChI=1S/C19H27BO4/c1-13(2)16(12-20-23-18(3,4)19(5,6)24-20)17(21)14-8-10-15(22-7)11-9-14/h8-11H,12H2,1-7H3. The average molecular weight is 330 g/mol. The number of allylic oxidation sites excluding steroid dienone is 2. The summed E-state index contributed by atoms with van der Waals surface area (Å²) in [7, 11) is 1.19. The number of carbonyl (C=O) groups is 1. The molecule has 5 heteroatoms. The minimum absolute atomic E-state index is 0.00682. The summed E-state index contributed by atoms with van der Waals surface area (Å²) in [4.78, 5) is 12.9. The highest BCUT2D eigenvalue weighted by molar-refractivity contribution is 6.47. The van der Waals surface area contributed by atoms with E-state index < -0.39 is 18.3 Å². The lowest BCUT2D eigenvalue weighted by molar-refractivity contribution is 0.00578. The van der Waals surface area contributed by atoms with Gasteiger partial charge in [0.15, 0.2) is 5.78 Å². The van der Waals surface area contributed by atoms with Crippen molar-refractivity contribution in [3.63, 3.8) is 0 Å². The molecule has 1 aromatic carbocycles. The average Bonchev–Trinajstić information content (AvgIpc) is 2.71. The molecule has 0 saturated carbocycles. The largest absolute Gasteiger partial charge is 0.497 e. The number of ketones is 1. The minimum Gasteiger partial charge on any atom is -0.497 e. The quantitative estimate of drug-likeness (QED) is 0.458. The van der Waals surface area contributed by atoms with Gasteiger partial charge in [-0.2, -0.15) is 0 Å². The fourth-order valence-corrected chi connectivity index (χ4v) is 2.66. The molecule has 0 unspecified atom stereocenters. The molecule has 1 aliphatic rings. The van der Waals surface area contributed by atoms with Gasteiger partial charge in [0, 0.05) is 11.9 Å². The Morgan fingerprint density at radius 1 is 1.04 bits per heavy atom. The van der Waals surface area contributed by atoms with Crippen LogP contribution in [0.15, 0.2) is 35.4 Å². The second kappa shape index (κ2) is 6.73. The first-order chi connectivity index (χ1) is 11.1. The zero-order valence-corrected chi connectivity index (χ0v) is 15.7. The van der Waals surface area contributed by atoms with Crippen molar-refractivity contribution < 1.29 is 18.8 Å². The summed E-state index contributed by atoms with van der Waals surface area (Å²) < 4.78 is 17.2. The third-order valence-corrected chi connectivity index (χ3v) is 4.90. The molecule has 1 aromatic rings. The highest BCUT2D eigenvalue weighted by Gasteiger charge is 2.51. The molecule has 0 bridgehead atoms. The lowest BCUT2D eigenvalue weighted by Gasteiger charge is -2.32. The molecule has 24 heavy (non-hydrogen) atoms. The fourth-order valence-electron chi connectivity index (χ4n) is 2.66. The SMILES string of the molecule is COc1ccc(C(=O)C(CB2OC(C)(C)C(C)(C)O2)=C(C)C)cc1. The number of benzene rings is 1. The summed E-state index contributed by atoms with van der Waals surface area (Å²) in [5.74, 6) is 0.739. The number of ether oxygens (including phenoxy) is 1. The third-order valence-electron chi connectivity index (χ3n) is 4.90. The van der Waals surface area contributed by atoms with E-state index in [2.05, 4.69) is 0 Å². The molecule has 0 amide bonds. The van der Waals surface area contributed by atoms with Crippen LogP contribution in [0.25, 0.3) is 0 Å². The van der Waals surface area contributed by atoms with Crippen molar-refractivity contribution in [1.29, 1.82) is 0 Å². The number of hydrogen-bond acceptors (Lipinski definition) is 4. The van der Waals surface area contributed by atoms with Crippen LogP contribution in [0.4, 0.5) is 0 Å². The molecule has 1 heterocycles. The van der Waals surface area contributed by atoms with E-state index in [9.17, 15) is 4.79 Å². The van der Waals surface area contributed by atoms with Crippen molar-refractivity contribution in [2.45, 2.75) is 59.1 Å². The second-order valence-corrected chi connectivity index (χ2v) is 7.43. The van der Waals surface area contributed by atoms with Crippen LogP contribution in [0, 0.1) is 0 Å². The maximum absolute atomic E-state index is 12.9. The molecular weight excluding hydrogens is 303 g/mol. The molecule has 1 saturated heterocycles. The molecule has 0 spiro atoms. The van der Waals surface area contributed by atoms with Crippen molar-refractivity contribution >= 4 is 12.9 Å². The number of Topliss-reactive ketones (excluding diaryl/α,β-unsaturated/α-hetero) is 1. The number of rotatable bonds is 5. The lowest BCUT2D eigenvalue weighted by Crippen LogP contribution is -2.41. The molecule has 2 rings (SSSR count). The molecule has 0 atom stereocenters. The molecule has 0 N–H and O–H groups in total. The Morgan fingerprint density at radius 3 is 1.96 bits per heavy atom. The highest BCUT2D eigenvalue weighted by Crippen LogP contribution is 2.39. The number of carbonyl (C=O) groups excluding carboxylic acids is 1. The smallest absolute Gasteiger partial charge is 0.462 e. The summed E-state index contributed by atoms with van der Waals surface area (Å²) in [5, 5.41) is 0. The van der Waals surface area contributed by atoms with Crippen LogP contribution in [0.2, 0.25) is 6.32 Å². The molecule has 1 fully saturated rings. The van der Waals surface area contributed by atoms with Crippen molar-refractivity contribution in [1.82, 2.24) is 0 Å². The van der Waals surface area contributed by atoms with Crippen molar-refractivity contribution in [2.75, 3.05) is 7.11 Å². The maximum atomic E-state index is 12.9. The zero-order valence-electron chi connectivity index (χ0n) is 15.7. The second-order valence-electron chi connectivity index (χ2n) is 7.43. The predicted octanol–water partition coefficient (Wildman–Crippen LogP) is 4.31. The predicted molar refractivity (Wildman–Crippen MR) is 96.6 cm³/mol. The summed E-state index contributed by atoms with van der Waals surface area (Å²) in [6, 6.07) is 7.16. The molecule has 0 aromatic heterocycles. The Labute approximate surface area is 145 Å². The first-order valence-corrected chi connectivity index (χ1v) is 8.28. The highest BCUT2D eigenvalue weighted by atomic mass is 16.7. The lowest BCUT2D eigenvalue weighted by atomic mass is 9.77. The normalized spacial score (nSPS) is 18.4. The first kappa shape index (κ1) is 18.7. The van der Waals surface area contributed by atoms with Gasteiger partial charge in [-0.25, -0.2) is 0 Å². The summed E-state index contributed by atoms with van der Waals surface area (Å²) in [6.07, 6.45) is 0.444. The van der Waals surface area contributed by atoms with Crippen LogP contribution >= 0.6 is 0 Å².